The zero-order chi connectivity index (χ0) is 11.8. The minimum atomic E-state index is -2.99. The zero-order valence-electron chi connectivity index (χ0n) is 9.54. The number of rotatable bonds is 1. The van der Waals surface area contributed by atoms with Crippen molar-refractivity contribution in [3.8, 4) is 0 Å². The van der Waals surface area contributed by atoms with Crippen molar-refractivity contribution in [2.75, 3.05) is 0 Å². The third kappa shape index (κ3) is 2.24. The number of alkyl halides is 2. The molecule has 2 atom stereocenters. The van der Waals surface area contributed by atoms with Gasteiger partial charge in [0, 0.05) is 5.92 Å². The van der Waals surface area contributed by atoms with Crippen molar-refractivity contribution < 1.29 is 13.5 Å². The van der Waals surface area contributed by atoms with Crippen LogP contribution in [0.3, 0.4) is 0 Å². The zero-order valence-corrected chi connectivity index (χ0v) is 9.54. The van der Waals surface area contributed by atoms with Crippen molar-refractivity contribution in [2.45, 2.75) is 38.9 Å². The molecule has 1 nitrogen and oxygen atoms in total. The largest absolute Gasteiger partial charge is 0.358 e. The first kappa shape index (κ1) is 11.5. The molecule has 0 radical (unpaired) electrons. The van der Waals surface area contributed by atoms with Crippen LogP contribution in [0.5, 0.6) is 0 Å². The van der Waals surface area contributed by atoms with E-state index in [-0.39, 0.29) is 0 Å². The first-order valence-electron chi connectivity index (χ1n) is 5.61. The van der Waals surface area contributed by atoms with E-state index in [2.05, 4.69) is 0 Å². The van der Waals surface area contributed by atoms with Gasteiger partial charge in [-0.1, -0.05) is 36.8 Å². The van der Waals surface area contributed by atoms with Gasteiger partial charge in [0.2, 0.25) is 0 Å². The van der Waals surface area contributed by atoms with E-state index in [1.165, 1.54) is 6.92 Å². The summed E-state index contributed by atoms with van der Waals surface area (Å²) in [6, 6.07) is 7.59. The highest BCUT2D eigenvalue weighted by Gasteiger charge is 2.44. The van der Waals surface area contributed by atoms with Gasteiger partial charge < -0.3 is 4.74 Å². The summed E-state index contributed by atoms with van der Waals surface area (Å²) in [7, 11) is 0. The monoisotopic (exact) mass is 226 g/mol. The molecule has 2 unspecified atom stereocenters. The summed E-state index contributed by atoms with van der Waals surface area (Å²) in [6.07, 6.45) is -2.29. The lowest BCUT2D eigenvalue weighted by molar-refractivity contribution is -0.313. The molecule has 3 heteroatoms. The maximum Gasteiger partial charge on any atom is 0.358 e. The van der Waals surface area contributed by atoms with Crippen LogP contribution in [0.1, 0.15) is 37.0 Å². The van der Waals surface area contributed by atoms with Crippen LogP contribution in [-0.4, -0.2) is 6.11 Å². The second-order valence-electron chi connectivity index (χ2n) is 4.56. The highest BCUT2D eigenvalue weighted by molar-refractivity contribution is 5.23. The second-order valence-corrected chi connectivity index (χ2v) is 4.56. The summed E-state index contributed by atoms with van der Waals surface area (Å²) in [5.41, 5.74) is 1.97. The molecule has 0 saturated carbocycles. The molecule has 1 heterocycles. The highest BCUT2D eigenvalue weighted by atomic mass is 19.3. The van der Waals surface area contributed by atoms with E-state index in [1.54, 1.807) is 0 Å². The molecule has 1 saturated heterocycles. The van der Waals surface area contributed by atoms with Gasteiger partial charge in [0.25, 0.3) is 0 Å². The van der Waals surface area contributed by atoms with E-state index in [0.29, 0.717) is 12.8 Å². The summed E-state index contributed by atoms with van der Waals surface area (Å²) in [4.78, 5) is 0. The Morgan fingerprint density at radius 1 is 1.19 bits per heavy atom. The highest BCUT2D eigenvalue weighted by Crippen LogP contribution is 2.42. The lowest BCUT2D eigenvalue weighted by Crippen LogP contribution is -2.35. The molecule has 1 aliphatic rings. The Labute approximate surface area is 94.4 Å². The van der Waals surface area contributed by atoms with Gasteiger partial charge in [-0.25, -0.2) is 0 Å². The Kier molecular flexibility index (Phi) is 2.98. The molecule has 1 aromatic rings. The number of ether oxygens (including phenoxy) is 1. The minimum Gasteiger partial charge on any atom is -0.312 e. The van der Waals surface area contributed by atoms with Crippen LogP contribution in [0.15, 0.2) is 24.3 Å². The van der Waals surface area contributed by atoms with Crippen molar-refractivity contribution in [3.63, 3.8) is 0 Å². The molecule has 2 rings (SSSR count). The lowest BCUT2D eigenvalue weighted by Gasteiger charge is -2.34. The molecule has 0 amide bonds. The predicted octanol–water partition coefficient (Wildman–Crippen LogP) is 4.08. The van der Waals surface area contributed by atoms with Gasteiger partial charge in [0.1, 0.15) is 0 Å². The van der Waals surface area contributed by atoms with E-state index < -0.39 is 18.1 Å². The molecule has 16 heavy (non-hydrogen) atoms. The van der Waals surface area contributed by atoms with E-state index in [0.717, 1.165) is 11.1 Å². The summed E-state index contributed by atoms with van der Waals surface area (Å²) in [5, 5.41) is 0. The number of hydrogen-bond donors (Lipinski definition) is 0. The van der Waals surface area contributed by atoms with Crippen molar-refractivity contribution in [1.82, 2.24) is 0 Å². The van der Waals surface area contributed by atoms with E-state index >= 15 is 0 Å². The van der Waals surface area contributed by atoms with Crippen molar-refractivity contribution >= 4 is 0 Å². The number of aryl methyl sites for hydroxylation is 1. The first-order chi connectivity index (χ1) is 7.49. The standard InChI is InChI=1S/C13H16F2O/c1-9-3-6-11(7-4-9)12-8-5-10(2)13(14,15)16-12/h3-4,6-7,10,12H,5,8H2,1-2H3. The average molecular weight is 226 g/mol. The quantitative estimate of drug-likeness (QED) is 0.701. The van der Waals surface area contributed by atoms with E-state index in [4.69, 9.17) is 4.74 Å². The second kappa shape index (κ2) is 4.13. The van der Waals surface area contributed by atoms with Gasteiger partial charge in [0.05, 0.1) is 6.10 Å². The van der Waals surface area contributed by atoms with Gasteiger partial charge in [-0.2, -0.15) is 8.78 Å². The van der Waals surface area contributed by atoms with Crippen LogP contribution in [0, 0.1) is 12.8 Å². The summed E-state index contributed by atoms with van der Waals surface area (Å²) in [6.45, 7) is 3.51. The SMILES string of the molecule is Cc1ccc(C2CCC(C)C(F)(F)O2)cc1. The molecule has 1 fully saturated rings. The van der Waals surface area contributed by atoms with Crippen LogP contribution in [0.4, 0.5) is 8.78 Å². The van der Waals surface area contributed by atoms with Crippen LogP contribution in [0.2, 0.25) is 0 Å². The van der Waals surface area contributed by atoms with Crippen LogP contribution >= 0.6 is 0 Å². The summed E-state index contributed by atoms with van der Waals surface area (Å²) >= 11 is 0. The Morgan fingerprint density at radius 2 is 1.81 bits per heavy atom. The van der Waals surface area contributed by atoms with Crippen molar-refractivity contribution in [3.05, 3.63) is 35.4 Å². The molecule has 0 N–H and O–H groups in total. The number of hydrogen-bond acceptors (Lipinski definition) is 1. The Hall–Kier alpha value is -0.960. The normalized spacial score (nSPS) is 29.0. The smallest absolute Gasteiger partial charge is 0.312 e. The Bertz CT molecular complexity index is 359. The molecule has 1 aliphatic heterocycles. The van der Waals surface area contributed by atoms with Gasteiger partial charge in [-0.15, -0.1) is 0 Å². The van der Waals surface area contributed by atoms with E-state index in [1.807, 2.05) is 31.2 Å². The predicted molar refractivity (Wildman–Crippen MR) is 58.4 cm³/mol. The summed E-state index contributed by atoms with van der Waals surface area (Å²) < 4.78 is 31.7. The molecule has 0 aromatic heterocycles. The maximum absolute atomic E-state index is 13.4. The van der Waals surface area contributed by atoms with Gasteiger partial charge in [-0.3, -0.25) is 0 Å². The molecule has 88 valence electrons. The number of benzene rings is 1. The van der Waals surface area contributed by atoms with Crippen LogP contribution < -0.4 is 0 Å². The first-order valence-corrected chi connectivity index (χ1v) is 5.61. The topological polar surface area (TPSA) is 9.23 Å². The van der Waals surface area contributed by atoms with Crippen LogP contribution in [0.25, 0.3) is 0 Å². The Morgan fingerprint density at radius 3 is 2.38 bits per heavy atom. The van der Waals surface area contributed by atoms with E-state index in [9.17, 15) is 8.78 Å². The average Bonchev–Trinajstić information content (AvgIpc) is 2.23. The fourth-order valence-electron chi connectivity index (χ4n) is 1.95. The van der Waals surface area contributed by atoms with Gasteiger partial charge in [-0.05, 0) is 25.3 Å². The molecule has 0 bridgehead atoms. The maximum atomic E-state index is 13.4. The molecule has 0 spiro atoms. The molecule has 1 aromatic carbocycles. The van der Waals surface area contributed by atoms with Crippen molar-refractivity contribution in [2.24, 2.45) is 5.92 Å². The van der Waals surface area contributed by atoms with Crippen molar-refractivity contribution in [1.29, 1.82) is 0 Å². The molecular formula is C13H16F2O. The molecular weight excluding hydrogens is 210 g/mol. The fourth-order valence-corrected chi connectivity index (χ4v) is 1.95. The lowest BCUT2D eigenvalue weighted by atomic mass is 9.94. The van der Waals surface area contributed by atoms with Gasteiger partial charge in [0.15, 0.2) is 0 Å². The fraction of sp³-hybridized carbons (Fsp3) is 0.538. The number of halogens is 2. The summed E-state index contributed by atoms with van der Waals surface area (Å²) in [5.74, 6) is -0.686. The third-order valence-electron chi connectivity index (χ3n) is 3.18. The van der Waals surface area contributed by atoms with Crippen LogP contribution in [-0.2, 0) is 4.74 Å². The molecule has 0 aliphatic carbocycles. The Balaban J connectivity index is 2.14. The third-order valence-corrected chi connectivity index (χ3v) is 3.18. The van der Waals surface area contributed by atoms with Gasteiger partial charge >= 0.3 is 6.11 Å². The minimum absolute atomic E-state index is 0.466.